The van der Waals surface area contributed by atoms with E-state index in [0.29, 0.717) is 12.4 Å². The molecular formula is C14H25N3O3. The third kappa shape index (κ3) is 3.19. The molecule has 6 nitrogen and oxygen atoms in total. The average molecular weight is 283 g/mol. The summed E-state index contributed by atoms with van der Waals surface area (Å²) in [7, 11) is 0. The van der Waals surface area contributed by atoms with Crippen molar-refractivity contribution in [2.45, 2.75) is 70.1 Å². The zero-order valence-electron chi connectivity index (χ0n) is 12.3. The maximum atomic E-state index is 9.52. The zero-order chi connectivity index (χ0) is 14.6. The molecule has 1 fully saturated rings. The van der Waals surface area contributed by atoms with Crippen LogP contribution in [0, 0.1) is 0 Å². The van der Waals surface area contributed by atoms with Crippen LogP contribution in [-0.4, -0.2) is 28.0 Å². The Morgan fingerprint density at radius 3 is 2.55 bits per heavy atom. The van der Waals surface area contributed by atoms with Gasteiger partial charge in [0.15, 0.2) is 0 Å². The molecule has 1 aromatic heterocycles. The van der Waals surface area contributed by atoms with Crippen molar-refractivity contribution in [1.82, 2.24) is 10.1 Å². The molecule has 6 heteroatoms. The molecule has 1 saturated carbocycles. The van der Waals surface area contributed by atoms with E-state index < -0.39 is 17.7 Å². The van der Waals surface area contributed by atoms with Gasteiger partial charge in [0.25, 0.3) is 0 Å². The highest BCUT2D eigenvalue weighted by Crippen LogP contribution is 2.38. The molecule has 1 aliphatic carbocycles. The van der Waals surface area contributed by atoms with Gasteiger partial charge in [-0.15, -0.1) is 0 Å². The van der Waals surface area contributed by atoms with Crippen molar-refractivity contribution >= 4 is 0 Å². The lowest BCUT2D eigenvalue weighted by Gasteiger charge is -2.29. The summed E-state index contributed by atoms with van der Waals surface area (Å²) in [6.07, 6.45) is 5.73. The fraction of sp³-hybridized carbons (Fsp3) is 0.857. The van der Waals surface area contributed by atoms with Crippen LogP contribution in [0.25, 0.3) is 0 Å². The van der Waals surface area contributed by atoms with Crippen molar-refractivity contribution in [3.63, 3.8) is 0 Å². The second-order valence-corrected chi connectivity index (χ2v) is 5.56. The van der Waals surface area contributed by atoms with Gasteiger partial charge in [0.2, 0.25) is 11.7 Å². The minimum atomic E-state index is -0.722. The maximum Gasteiger partial charge on any atom is 0.246 e. The van der Waals surface area contributed by atoms with Crippen molar-refractivity contribution in [3.8, 4) is 0 Å². The first-order chi connectivity index (χ1) is 9.59. The van der Waals surface area contributed by atoms with Crippen LogP contribution in [0.4, 0.5) is 0 Å². The topological polar surface area (TPSA) is 94.4 Å². The highest BCUT2D eigenvalue weighted by Gasteiger charge is 2.38. The molecule has 1 aromatic rings. The van der Waals surface area contributed by atoms with Gasteiger partial charge >= 0.3 is 0 Å². The number of nitrogens with two attached hydrogens (primary N) is 1. The van der Waals surface area contributed by atoms with Crippen LogP contribution in [0.5, 0.6) is 0 Å². The Kier molecular flexibility index (Phi) is 5.12. The highest BCUT2D eigenvalue weighted by molar-refractivity contribution is 5.05. The summed E-state index contributed by atoms with van der Waals surface area (Å²) in [5.41, 5.74) is 5.39. The van der Waals surface area contributed by atoms with E-state index in [-0.39, 0.29) is 5.89 Å². The van der Waals surface area contributed by atoms with Gasteiger partial charge < -0.3 is 20.1 Å². The first-order valence-corrected chi connectivity index (χ1v) is 7.51. The predicted molar refractivity (Wildman–Crippen MR) is 73.9 cm³/mol. The smallest absolute Gasteiger partial charge is 0.246 e. The molecule has 1 heterocycles. The summed E-state index contributed by atoms with van der Waals surface area (Å²) in [6, 6.07) is -0.652. The summed E-state index contributed by atoms with van der Waals surface area (Å²) in [5.74, 6) is 0.852. The first-order valence-electron chi connectivity index (χ1n) is 7.51. The van der Waals surface area contributed by atoms with E-state index in [1.807, 2.05) is 6.92 Å². The molecule has 0 saturated heterocycles. The molecule has 0 spiro atoms. The molecule has 1 aliphatic rings. The van der Waals surface area contributed by atoms with Crippen molar-refractivity contribution in [1.29, 1.82) is 0 Å². The largest absolute Gasteiger partial charge is 0.391 e. The first kappa shape index (κ1) is 15.4. The molecule has 0 amide bonds. The van der Waals surface area contributed by atoms with Gasteiger partial charge in [-0.3, -0.25) is 0 Å². The third-order valence-corrected chi connectivity index (χ3v) is 3.99. The van der Waals surface area contributed by atoms with Crippen LogP contribution in [0.15, 0.2) is 4.52 Å². The Labute approximate surface area is 119 Å². The summed E-state index contributed by atoms with van der Waals surface area (Å²) in [4.78, 5) is 4.40. The molecule has 114 valence electrons. The lowest BCUT2D eigenvalue weighted by atomic mass is 9.93. The fourth-order valence-electron chi connectivity index (χ4n) is 2.77. The van der Waals surface area contributed by atoms with Crippen LogP contribution in [0.2, 0.25) is 0 Å². The minimum absolute atomic E-state index is 0.276. The van der Waals surface area contributed by atoms with Gasteiger partial charge in [-0.05, 0) is 26.7 Å². The quantitative estimate of drug-likeness (QED) is 0.803. The van der Waals surface area contributed by atoms with Gasteiger partial charge in [-0.25, -0.2) is 0 Å². The van der Waals surface area contributed by atoms with E-state index in [2.05, 4.69) is 10.1 Å². The van der Waals surface area contributed by atoms with E-state index >= 15 is 0 Å². The molecule has 0 radical (unpaired) electrons. The van der Waals surface area contributed by atoms with E-state index in [1.54, 1.807) is 6.92 Å². The Hall–Kier alpha value is -0.980. The Bertz CT molecular complexity index is 412. The van der Waals surface area contributed by atoms with Crippen LogP contribution >= 0.6 is 0 Å². The predicted octanol–water partition coefficient (Wildman–Crippen LogP) is 2.04. The molecule has 2 atom stereocenters. The monoisotopic (exact) mass is 283 g/mol. The molecule has 0 aromatic carbocycles. The fourth-order valence-corrected chi connectivity index (χ4v) is 2.77. The van der Waals surface area contributed by atoms with Gasteiger partial charge in [0.1, 0.15) is 11.6 Å². The number of hydrogen-bond donors (Lipinski definition) is 2. The standard InChI is InChI=1S/C14H25N3O3/c1-3-19-14(8-6-4-5-7-9-14)13-16-12(20-17-13)11(15)10(2)18/h10-11,18H,3-9,15H2,1-2H3. The highest BCUT2D eigenvalue weighted by atomic mass is 16.5. The van der Waals surface area contributed by atoms with Gasteiger partial charge in [-0.2, -0.15) is 4.98 Å². The van der Waals surface area contributed by atoms with Crippen molar-refractivity contribution in [2.24, 2.45) is 5.73 Å². The maximum absolute atomic E-state index is 9.52. The lowest BCUT2D eigenvalue weighted by molar-refractivity contribution is -0.0636. The van der Waals surface area contributed by atoms with Crippen molar-refractivity contribution < 1.29 is 14.4 Å². The number of aliphatic hydroxyl groups is 1. The van der Waals surface area contributed by atoms with Crippen LogP contribution < -0.4 is 5.73 Å². The summed E-state index contributed by atoms with van der Waals surface area (Å²) in [5, 5.41) is 13.6. The van der Waals surface area contributed by atoms with E-state index in [1.165, 1.54) is 12.8 Å². The average Bonchev–Trinajstić information content (AvgIpc) is 2.80. The molecule has 0 aliphatic heterocycles. The van der Waals surface area contributed by atoms with Gasteiger partial charge in [-0.1, -0.05) is 30.8 Å². The normalized spacial score (nSPS) is 22.2. The number of ether oxygens (including phenoxy) is 1. The minimum Gasteiger partial charge on any atom is -0.391 e. The van der Waals surface area contributed by atoms with Crippen LogP contribution in [0.3, 0.4) is 0 Å². The van der Waals surface area contributed by atoms with Gasteiger partial charge in [0, 0.05) is 6.61 Å². The third-order valence-electron chi connectivity index (χ3n) is 3.99. The summed E-state index contributed by atoms with van der Waals surface area (Å²) in [6.45, 7) is 4.21. The Balaban J connectivity index is 2.25. The molecule has 3 N–H and O–H groups in total. The SMILES string of the molecule is CCOC1(c2noc(C(N)C(C)O)n2)CCCCCC1. The van der Waals surface area contributed by atoms with E-state index in [0.717, 1.165) is 25.7 Å². The molecule has 0 bridgehead atoms. The second-order valence-electron chi connectivity index (χ2n) is 5.56. The number of hydrogen-bond acceptors (Lipinski definition) is 6. The van der Waals surface area contributed by atoms with Gasteiger partial charge in [0.05, 0.1) is 6.10 Å². The lowest BCUT2D eigenvalue weighted by Crippen LogP contribution is -2.31. The van der Waals surface area contributed by atoms with Crippen molar-refractivity contribution in [2.75, 3.05) is 6.61 Å². The van der Waals surface area contributed by atoms with Crippen LogP contribution in [-0.2, 0) is 10.3 Å². The van der Waals surface area contributed by atoms with E-state index in [4.69, 9.17) is 15.0 Å². The second kappa shape index (κ2) is 6.65. The number of aromatic nitrogens is 2. The summed E-state index contributed by atoms with van der Waals surface area (Å²) < 4.78 is 11.2. The number of rotatable bonds is 5. The van der Waals surface area contributed by atoms with Crippen molar-refractivity contribution in [3.05, 3.63) is 11.7 Å². The molecule has 2 unspecified atom stereocenters. The van der Waals surface area contributed by atoms with E-state index in [9.17, 15) is 5.11 Å². The zero-order valence-corrected chi connectivity index (χ0v) is 12.3. The molecular weight excluding hydrogens is 258 g/mol. The number of aliphatic hydroxyl groups excluding tert-OH is 1. The van der Waals surface area contributed by atoms with Crippen LogP contribution in [0.1, 0.15) is 70.1 Å². The molecule has 20 heavy (non-hydrogen) atoms. The number of nitrogens with zero attached hydrogens (tertiary/aromatic N) is 2. The summed E-state index contributed by atoms with van der Waals surface area (Å²) >= 11 is 0. The Morgan fingerprint density at radius 1 is 1.35 bits per heavy atom. The Morgan fingerprint density at radius 2 is 2.00 bits per heavy atom. The molecule has 2 rings (SSSR count).